The molecule has 40 heavy (non-hydrogen) atoms. The fourth-order valence-electron chi connectivity index (χ4n) is 6.99. The third-order valence-corrected chi connectivity index (χ3v) is 8.73. The minimum absolute atomic E-state index is 0.00175. The highest BCUT2D eigenvalue weighted by Gasteiger charge is 2.74. The number of unbranched alkanes of at least 4 members (excludes halogenated alkanes) is 1. The number of hydrogen-bond acceptors (Lipinski definition) is 5. The fraction of sp³-hybridized carbons (Fsp3) is 0.406. The van der Waals surface area contributed by atoms with E-state index in [0.29, 0.717) is 39.0 Å². The van der Waals surface area contributed by atoms with Gasteiger partial charge in [0.2, 0.25) is 17.7 Å². The van der Waals surface area contributed by atoms with Crippen molar-refractivity contribution in [1.29, 1.82) is 0 Å². The number of fused-ring (bicyclic) bond motifs is 2. The van der Waals surface area contributed by atoms with E-state index in [-0.39, 0.29) is 24.3 Å². The van der Waals surface area contributed by atoms with Crippen LogP contribution < -0.4 is 4.90 Å². The van der Waals surface area contributed by atoms with Gasteiger partial charge in [0.15, 0.2) is 0 Å². The number of benzene rings is 2. The molecule has 4 heterocycles. The maximum atomic E-state index is 14.4. The molecule has 5 atom stereocenters. The Morgan fingerprint density at radius 3 is 2.27 bits per heavy atom. The van der Waals surface area contributed by atoms with Crippen LogP contribution in [-0.4, -0.2) is 76.1 Å². The van der Waals surface area contributed by atoms with E-state index in [9.17, 15) is 19.5 Å². The molecular weight excluding hydrogens is 506 g/mol. The first kappa shape index (κ1) is 26.5. The monoisotopic (exact) mass is 541 g/mol. The highest BCUT2D eigenvalue weighted by atomic mass is 16.5. The molecule has 208 valence electrons. The number of ether oxygens (including phenoxy) is 1. The van der Waals surface area contributed by atoms with Gasteiger partial charge in [0, 0.05) is 38.5 Å². The normalized spacial score (nSPS) is 31.2. The second-order valence-corrected chi connectivity index (χ2v) is 11.3. The Balaban J connectivity index is 1.42. The van der Waals surface area contributed by atoms with E-state index in [2.05, 4.69) is 0 Å². The molecule has 4 aliphatic heterocycles. The Kier molecular flexibility index (Phi) is 6.84. The van der Waals surface area contributed by atoms with Gasteiger partial charge in [0.1, 0.15) is 11.6 Å². The standard InChI is InChI=1S/C32H35N3O5/c1-31-16-10-20-34(24-14-6-3-7-15-24)28(37)25(31)26-29(38)35(19-8-9-21-36)27-30(39)33(18-11-17-32(26,27)40-31)22-23-12-4-2-5-13-23/h2-7,10-17,25-27,36H,8-9,18-22H2,1H3/t25-,26-,27?,31+,32-/m0/s1. The average Bonchev–Trinajstić information content (AvgIpc) is 3.23. The number of para-hydroxylation sites is 1. The molecule has 0 aliphatic carbocycles. The minimum atomic E-state index is -1.28. The van der Waals surface area contributed by atoms with E-state index in [0.717, 1.165) is 11.3 Å². The van der Waals surface area contributed by atoms with Crippen LogP contribution >= 0.6 is 0 Å². The molecule has 0 saturated carbocycles. The number of nitrogens with zero attached hydrogens (tertiary/aromatic N) is 3. The number of carbonyl (C=O) groups is 3. The van der Waals surface area contributed by atoms with Gasteiger partial charge in [0.25, 0.3) is 0 Å². The summed E-state index contributed by atoms with van der Waals surface area (Å²) in [5.74, 6) is -2.27. The minimum Gasteiger partial charge on any atom is -0.396 e. The summed E-state index contributed by atoms with van der Waals surface area (Å²) >= 11 is 0. The Morgan fingerprint density at radius 2 is 1.55 bits per heavy atom. The lowest BCUT2D eigenvalue weighted by Crippen LogP contribution is -2.55. The van der Waals surface area contributed by atoms with Gasteiger partial charge in [-0.1, -0.05) is 72.8 Å². The molecular formula is C32H35N3O5. The molecule has 0 radical (unpaired) electrons. The molecule has 1 spiro atoms. The van der Waals surface area contributed by atoms with Crippen LogP contribution in [0.3, 0.4) is 0 Å². The fourth-order valence-corrected chi connectivity index (χ4v) is 6.99. The Hall–Kier alpha value is -3.75. The zero-order chi connectivity index (χ0) is 27.9. The first-order valence-electron chi connectivity index (χ1n) is 14.1. The summed E-state index contributed by atoms with van der Waals surface area (Å²) in [5, 5.41) is 9.42. The van der Waals surface area contributed by atoms with Gasteiger partial charge < -0.3 is 24.5 Å². The van der Waals surface area contributed by atoms with Crippen molar-refractivity contribution in [3.63, 3.8) is 0 Å². The maximum Gasteiger partial charge on any atom is 0.249 e. The molecule has 0 bridgehead atoms. The quantitative estimate of drug-likeness (QED) is 0.430. The van der Waals surface area contributed by atoms with Gasteiger partial charge in [0.05, 0.1) is 17.4 Å². The molecule has 0 aromatic heterocycles. The van der Waals surface area contributed by atoms with Crippen molar-refractivity contribution in [2.45, 2.75) is 43.6 Å². The SMILES string of the molecule is C[C@@]12C=CCN(c3ccccc3)C(=O)[C@@H]1[C@H]1C(=O)N(CCCCO)C3C(=O)N(Cc4ccccc4)CC=C[C@@]31O2. The zero-order valence-corrected chi connectivity index (χ0v) is 22.7. The molecule has 2 fully saturated rings. The maximum absolute atomic E-state index is 14.4. The van der Waals surface area contributed by atoms with Crippen molar-refractivity contribution in [2.24, 2.45) is 11.8 Å². The molecule has 2 saturated heterocycles. The van der Waals surface area contributed by atoms with Crippen LogP contribution in [0.2, 0.25) is 0 Å². The third kappa shape index (κ3) is 4.17. The van der Waals surface area contributed by atoms with Crippen LogP contribution in [-0.2, 0) is 25.7 Å². The molecule has 2 aromatic rings. The van der Waals surface area contributed by atoms with Gasteiger partial charge in [-0.3, -0.25) is 14.4 Å². The summed E-state index contributed by atoms with van der Waals surface area (Å²) in [6, 6.07) is 18.3. The molecule has 1 N–H and O–H groups in total. The summed E-state index contributed by atoms with van der Waals surface area (Å²) in [5.41, 5.74) is -0.590. The van der Waals surface area contributed by atoms with E-state index in [1.54, 1.807) is 14.7 Å². The number of aliphatic hydroxyl groups excluding tert-OH is 1. The molecule has 8 nitrogen and oxygen atoms in total. The van der Waals surface area contributed by atoms with Crippen LogP contribution in [0.1, 0.15) is 25.3 Å². The van der Waals surface area contributed by atoms with Crippen molar-refractivity contribution in [3.8, 4) is 0 Å². The zero-order valence-electron chi connectivity index (χ0n) is 22.7. The second kappa shape index (κ2) is 10.3. The van der Waals surface area contributed by atoms with Crippen molar-refractivity contribution < 1.29 is 24.2 Å². The first-order chi connectivity index (χ1) is 19.4. The summed E-state index contributed by atoms with van der Waals surface area (Å²) in [7, 11) is 0. The Labute approximate surface area is 234 Å². The van der Waals surface area contributed by atoms with Gasteiger partial charge in [-0.25, -0.2) is 0 Å². The summed E-state index contributed by atoms with van der Waals surface area (Å²) < 4.78 is 6.88. The van der Waals surface area contributed by atoms with Crippen LogP contribution in [0, 0.1) is 11.8 Å². The number of aliphatic hydroxyl groups is 1. The van der Waals surface area contributed by atoms with Gasteiger partial charge in [-0.2, -0.15) is 0 Å². The summed E-state index contributed by atoms with van der Waals surface area (Å²) in [4.78, 5) is 48.1. The lowest BCUT2D eigenvalue weighted by Gasteiger charge is -2.37. The Bertz CT molecular complexity index is 1340. The van der Waals surface area contributed by atoms with E-state index >= 15 is 0 Å². The first-order valence-corrected chi connectivity index (χ1v) is 14.1. The number of rotatable bonds is 7. The van der Waals surface area contributed by atoms with Gasteiger partial charge in [-0.05, 0) is 37.5 Å². The van der Waals surface area contributed by atoms with Crippen molar-refractivity contribution in [2.75, 3.05) is 31.1 Å². The molecule has 6 rings (SSSR count). The largest absolute Gasteiger partial charge is 0.396 e. The van der Waals surface area contributed by atoms with Crippen LogP contribution in [0.4, 0.5) is 5.69 Å². The smallest absolute Gasteiger partial charge is 0.249 e. The molecule has 1 unspecified atom stereocenters. The van der Waals surface area contributed by atoms with E-state index in [1.807, 2.05) is 91.9 Å². The van der Waals surface area contributed by atoms with Crippen molar-refractivity contribution in [1.82, 2.24) is 9.80 Å². The number of anilines is 1. The predicted molar refractivity (Wildman–Crippen MR) is 150 cm³/mol. The van der Waals surface area contributed by atoms with Crippen molar-refractivity contribution >= 4 is 23.4 Å². The summed E-state index contributed by atoms with van der Waals surface area (Å²) in [6.07, 6.45) is 8.67. The number of hydrogen-bond donors (Lipinski definition) is 1. The van der Waals surface area contributed by atoms with Gasteiger partial charge in [-0.15, -0.1) is 0 Å². The van der Waals surface area contributed by atoms with Crippen molar-refractivity contribution in [3.05, 3.63) is 90.5 Å². The van der Waals surface area contributed by atoms with E-state index < -0.39 is 29.1 Å². The molecule has 2 aromatic carbocycles. The average molecular weight is 542 g/mol. The van der Waals surface area contributed by atoms with Crippen LogP contribution in [0.5, 0.6) is 0 Å². The molecule has 4 aliphatic rings. The highest BCUT2D eigenvalue weighted by molar-refractivity contribution is 6.04. The molecule has 3 amide bonds. The third-order valence-electron chi connectivity index (χ3n) is 8.73. The number of carbonyl (C=O) groups excluding carboxylic acids is 3. The molecule has 8 heteroatoms. The number of likely N-dealkylation sites (tertiary alicyclic amines) is 1. The second-order valence-electron chi connectivity index (χ2n) is 11.3. The lowest BCUT2D eigenvalue weighted by atomic mass is 9.74. The van der Waals surface area contributed by atoms with Crippen LogP contribution in [0.25, 0.3) is 0 Å². The van der Waals surface area contributed by atoms with E-state index in [4.69, 9.17) is 4.74 Å². The topological polar surface area (TPSA) is 90.4 Å². The number of amides is 3. The predicted octanol–water partition coefficient (Wildman–Crippen LogP) is 2.93. The lowest BCUT2D eigenvalue weighted by molar-refractivity contribution is -0.151. The Morgan fingerprint density at radius 1 is 0.850 bits per heavy atom. The highest BCUT2D eigenvalue weighted by Crippen LogP contribution is 2.57. The summed E-state index contributed by atoms with van der Waals surface area (Å²) in [6.45, 7) is 3.32. The van der Waals surface area contributed by atoms with Crippen LogP contribution in [0.15, 0.2) is 85.0 Å². The van der Waals surface area contributed by atoms with Gasteiger partial charge >= 0.3 is 0 Å². The van der Waals surface area contributed by atoms with E-state index in [1.165, 1.54) is 0 Å².